The van der Waals surface area contributed by atoms with Gasteiger partial charge < -0.3 is 10.2 Å². The molecular weight excluding hydrogens is 347 g/mol. The SMILES string of the molecule is CC(C)=CCN(c1ccc(I)cc1)C1CCNCC1. The van der Waals surface area contributed by atoms with Crippen molar-refractivity contribution < 1.29 is 0 Å². The zero-order valence-corrected chi connectivity index (χ0v) is 14.0. The number of allylic oxidation sites excluding steroid dienone is 1. The molecule has 2 nitrogen and oxygen atoms in total. The van der Waals surface area contributed by atoms with E-state index in [0.29, 0.717) is 6.04 Å². The van der Waals surface area contributed by atoms with Gasteiger partial charge in [-0.25, -0.2) is 0 Å². The second kappa shape index (κ2) is 7.29. The van der Waals surface area contributed by atoms with E-state index in [4.69, 9.17) is 0 Å². The number of halogens is 1. The number of hydrogen-bond acceptors (Lipinski definition) is 2. The maximum absolute atomic E-state index is 3.45. The van der Waals surface area contributed by atoms with Gasteiger partial charge in [0, 0.05) is 21.8 Å². The first-order valence-electron chi connectivity index (χ1n) is 7.03. The van der Waals surface area contributed by atoms with E-state index in [9.17, 15) is 0 Å². The zero-order chi connectivity index (χ0) is 13.7. The van der Waals surface area contributed by atoms with Crippen LogP contribution in [0.2, 0.25) is 0 Å². The first-order valence-corrected chi connectivity index (χ1v) is 8.11. The normalized spacial score (nSPS) is 16.2. The third-order valence-electron chi connectivity index (χ3n) is 3.60. The van der Waals surface area contributed by atoms with Crippen LogP contribution >= 0.6 is 22.6 Å². The molecule has 3 heteroatoms. The van der Waals surface area contributed by atoms with Gasteiger partial charge in [-0.05, 0) is 86.6 Å². The van der Waals surface area contributed by atoms with Crippen LogP contribution in [-0.4, -0.2) is 25.7 Å². The van der Waals surface area contributed by atoms with Gasteiger partial charge in [-0.15, -0.1) is 0 Å². The van der Waals surface area contributed by atoms with E-state index in [0.717, 1.165) is 19.6 Å². The molecule has 104 valence electrons. The molecule has 1 heterocycles. The van der Waals surface area contributed by atoms with Gasteiger partial charge in [-0.3, -0.25) is 0 Å². The summed E-state index contributed by atoms with van der Waals surface area (Å²) in [6.07, 6.45) is 4.81. The van der Waals surface area contributed by atoms with Gasteiger partial charge in [0.2, 0.25) is 0 Å². The summed E-state index contributed by atoms with van der Waals surface area (Å²) >= 11 is 2.37. The quantitative estimate of drug-likeness (QED) is 0.641. The predicted molar refractivity (Wildman–Crippen MR) is 91.8 cm³/mol. The van der Waals surface area contributed by atoms with Gasteiger partial charge >= 0.3 is 0 Å². The van der Waals surface area contributed by atoms with Gasteiger partial charge in [-0.2, -0.15) is 0 Å². The highest BCUT2D eigenvalue weighted by molar-refractivity contribution is 14.1. The summed E-state index contributed by atoms with van der Waals surface area (Å²) in [5.41, 5.74) is 2.74. The Kier molecular flexibility index (Phi) is 5.70. The second-order valence-corrected chi connectivity index (χ2v) is 6.64. The lowest BCUT2D eigenvalue weighted by Crippen LogP contribution is -2.43. The highest BCUT2D eigenvalue weighted by Crippen LogP contribution is 2.23. The van der Waals surface area contributed by atoms with Crippen LogP contribution in [0.25, 0.3) is 0 Å². The molecular formula is C16H23IN2. The summed E-state index contributed by atoms with van der Waals surface area (Å²) < 4.78 is 1.30. The van der Waals surface area contributed by atoms with Crippen molar-refractivity contribution in [3.8, 4) is 0 Å². The summed E-state index contributed by atoms with van der Waals surface area (Å²) in [5.74, 6) is 0. The fourth-order valence-corrected chi connectivity index (χ4v) is 2.86. The molecule has 0 saturated carbocycles. The summed E-state index contributed by atoms with van der Waals surface area (Å²) in [6, 6.07) is 9.57. The molecule has 1 aliphatic heterocycles. The Morgan fingerprint density at radius 2 is 1.89 bits per heavy atom. The molecule has 1 aromatic rings. The van der Waals surface area contributed by atoms with E-state index in [1.54, 1.807) is 0 Å². The smallest absolute Gasteiger partial charge is 0.0372 e. The maximum Gasteiger partial charge on any atom is 0.0372 e. The molecule has 0 radical (unpaired) electrons. The van der Waals surface area contributed by atoms with Crippen LogP contribution in [0, 0.1) is 3.57 Å². The number of anilines is 1. The molecule has 1 fully saturated rings. The topological polar surface area (TPSA) is 15.3 Å². The summed E-state index contributed by atoms with van der Waals surface area (Å²) in [5, 5.41) is 3.45. The highest BCUT2D eigenvalue weighted by atomic mass is 127. The molecule has 1 saturated heterocycles. The minimum Gasteiger partial charge on any atom is -0.365 e. The number of benzene rings is 1. The van der Waals surface area contributed by atoms with Crippen molar-refractivity contribution in [2.24, 2.45) is 0 Å². The van der Waals surface area contributed by atoms with Crippen LogP contribution < -0.4 is 10.2 Å². The fraction of sp³-hybridized carbons (Fsp3) is 0.500. The van der Waals surface area contributed by atoms with E-state index in [-0.39, 0.29) is 0 Å². The van der Waals surface area contributed by atoms with Crippen LogP contribution in [0.1, 0.15) is 26.7 Å². The van der Waals surface area contributed by atoms with Gasteiger partial charge in [-0.1, -0.05) is 11.6 Å². The Morgan fingerprint density at radius 3 is 2.47 bits per heavy atom. The average molecular weight is 370 g/mol. The van der Waals surface area contributed by atoms with Gasteiger partial charge in [0.1, 0.15) is 0 Å². The molecule has 0 aromatic heterocycles. The van der Waals surface area contributed by atoms with Gasteiger partial charge in [0.05, 0.1) is 0 Å². The molecule has 0 atom stereocenters. The standard InChI is InChI=1S/C16H23IN2/c1-13(2)9-12-19(16-7-10-18-11-8-16)15-5-3-14(17)4-6-15/h3-6,9,16,18H,7-8,10-12H2,1-2H3. The molecule has 1 aromatic carbocycles. The van der Waals surface area contributed by atoms with Crippen LogP contribution in [0.15, 0.2) is 35.9 Å². The number of piperidine rings is 1. The van der Waals surface area contributed by atoms with Gasteiger partial charge in [0.25, 0.3) is 0 Å². The Bertz CT molecular complexity index is 415. The number of rotatable bonds is 4. The molecule has 19 heavy (non-hydrogen) atoms. The molecule has 0 unspecified atom stereocenters. The number of nitrogens with zero attached hydrogens (tertiary/aromatic N) is 1. The van der Waals surface area contributed by atoms with Gasteiger partial charge in [0.15, 0.2) is 0 Å². The lowest BCUT2D eigenvalue weighted by molar-refractivity contribution is 0.437. The second-order valence-electron chi connectivity index (χ2n) is 5.39. The predicted octanol–water partition coefficient (Wildman–Crippen LogP) is 3.82. The Labute approximate surface area is 130 Å². The van der Waals surface area contributed by atoms with Crippen molar-refractivity contribution in [3.63, 3.8) is 0 Å². The maximum atomic E-state index is 3.45. The summed E-state index contributed by atoms with van der Waals surface area (Å²) in [7, 11) is 0. The largest absolute Gasteiger partial charge is 0.365 e. The van der Waals surface area contributed by atoms with Crippen LogP contribution in [0.3, 0.4) is 0 Å². The average Bonchev–Trinajstić information content (AvgIpc) is 2.42. The first-order chi connectivity index (χ1) is 9.16. The minimum absolute atomic E-state index is 0.664. The van der Waals surface area contributed by atoms with Crippen molar-refractivity contribution in [2.45, 2.75) is 32.7 Å². The van der Waals surface area contributed by atoms with Crippen molar-refractivity contribution in [2.75, 3.05) is 24.5 Å². The van der Waals surface area contributed by atoms with E-state index in [2.05, 4.69) is 77.0 Å². The lowest BCUT2D eigenvalue weighted by atomic mass is 10.0. The molecule has 0 spiro atoms. The Balaban J connectivity index is 2.17. The monoisotopic (exact) mass is 370 g/mol. The van der Waals surface area contributed by atoms with Crippen molar-refractivity contribution in [1.29, 1.82) is 0 Å². The van der Waals surface area contributed by atoms with Crippen molar-refractivity contribution in [1.82, 2.24) is 5.32 Å². The summed E-state index contributed by atoms with van der Waals surface area (Å²) in [4.78, 5) is 2.56. The molecule has 1 aliphatic rings. The van der Waals surface area contributed by atoms with E-state index >= 15 is 0 Å². The molecule has 0 bridgehead atoms. The van der Waals surface area contributed by atoms with E-state index < -0.39 is 0 Å². The Morgan fingerprint density at radius 1 is 1.26 bits per heavy atom. The third kappa shape index (κ3) is 4.49. The lowest BCUT2D eigenvalue weighted by Gasteiger charge is -2.36. The number of hydrogen-bond donors (Lipinski definition) is 1. The molecule has 0 aliphatic carbocycles. The first kappa shape index (κ1) is 14.9. The minimum atomic E-state index is 0.664. The zero-order valence-electron chi connectivity index (χ0n) is 11.8. The van der Waals surface area contributed by atoms with Crippen LogP contribution in [-0.2, 0) is 0 Å². The Hall–Kier alpha value is -0.550. The summed E-state index contributed by atoms with van der Waals surface area (Å²) in [6.45, 7) is 7.65. The van der Waals surface area contributed by atoms with Crippen molar-refractivity contribution >= 4 is 28.3 Å². The highest BCUT2D eigenvalue weighted by Gasteiger charge is 2.20. The van der Waals surface area contributed by atoms with Crippen molar-refractivity contribution in [3.05, 3.63) is 39.5 Å². The van der Waals surface area contributed by atoms with Crippen LogP contribution in [0.5, 0.6) is 0 Å². The molecule has 1 N–H and O–H groups in total. The van der Waals surface area contributed by atoms with E-state index in [1.807, 2.05) is 0 Å². The van der Waals surface area contributed by atoms with Crippen LogP contribution in [0.4, 0.5) is 5.69 Å². The number of nitrogens with one attached hydrogen (secondary N) is 1. The third-order valence-corrected chi connectivity index (χ3v) is 4.32. The molecule has 0 amide bonds. The molecule has 2 rings (SSSR count). The fourth-order valence-electron chi connectivity index (χ4n) is 2.50. The van der Waals surface area contributed by atoms with E-state index in [1.165, 1.54) is 27.7 Å².